The molecular weight excluding hydrogens is 328 g/mol. The Morgan fingerprint density at radius 2 is 0.808 bits per heavy atom. The largest absolute Gasteiger partial charge is 0.481 e. The summed E-state index contributed by atoms with van der Waals surface area (Å²) in [5, 5.41) is 19.0. The molecule has 0 fully saturated rings. The Bertz CT molecular complexity index is 340. The standard InChI is InChI=1S/C22H42O4/c1-17(2)13-9-5-7-11-15-19(21(23)24)20(22(25)26)16-12-8-6-10-14-18(3)4/h17-20H,5-16H2,1-4H3,(H,23,24)(H,25,26). The van der Waals surface area contributed by atoms with Crippen LogP contribution in [0.2, 0.25) is 0 Å². The van der Waals surface area contributed by atoms with Crippen LogP contribution < -0.4 is 0 Å². The molecule has 2 N–H and O–H groups in total. The van der Waals surface area contributed by atoms with Crippen molar-refractivity contribution in [2.24, 2.45) is 23.7 Å². The molecule has 0 radical (unpaired) electrons. The molecule has 0 amide bonds. The first-order valence-corrected chi connectivity index (χ1v) is 10.7. The molecule has 0 aromatic rings. The molecule has 0 bridgehead atoms. The highest BCUT2D eigenvalue weighted by Gasteiger charge is 2.32. The smallest absolute Gasteiger partial charge is 0.307 e. The van der Waals surface area contributed by atoms with Crippen LogP contribution in [0.15, 0.2) is 0 Å². The first kappa shape index (κ1) is 24.9. The number of carbonyl (C=O) groups is 2. The van der Waals surface area contributed by atoms with Crippen molar-refractivity contribution in [3.63, 3.8) is 0 Å². The van der Waals surface area contributed by atoms with Gasteiger partial charge in [0.15, 0.2) is 0 Å². The Kier molecular flexibility index (Phi) is 14.4. The van der Waals surface area contributed by atoms with Crippen LogP contribution in [0.5, 0.6) is 0 Å². The highest BCUT2D eigenvalue weighted by Crippen LogP contribution is 2.26. The Balaban J connectivity index is 4.22. The van der Waals surface area contributed by atoms with Gasteiger partial charge in [-0.1, -0.05) is 91.9 Å². The van der Waals surface area contributed by atoms with Crippen molar-refractivity contribution in [1.82, 2.24) is 0 Å². The number of hydrogen-bond donors (Lipinski definition) is 2. The third-order valence-electron chi connectivity index (χ3n) is 5.21. The van der Waals surface area contributed by atoms with Gasteiger partial charge in [-0.05, 0) is 24.7 Å². The van der Waals surface area contributed by atoms with Crippen LogP contribution in [0.25, 0.3) is 0 Å². The zero-order chi connectivity index (χ0) is 19.9. The molecule has 26 heavy (non-hydrogen) atoms. The Morgan fingerprint density at radius 3 is 1.04 bits per heavy atom. The van der Waals surface area contributed by atoms with Crippen molar-refractivity contribution in [3.8, 4) is 0 Å². The van der Waals surface area contributed by atoms with Gasteiger partial charge in [0.1, 0.15) is 0 Å². The van der Waals surface area contributed by atoms with Crippen molar-refractivity contribution in [2.45, 2.75) is 105 Å². The van der Waals surface area contributed by atoms with Crippen LogP contribution in [-0.4, -0.2) is 22.2 Å². The van der Waals surface area contributed by atoms with E-state index in [1.165, 1.54) is 25.7 Å². The van der Waals surface area contributed by atoms with Gasteiger partial charge in [-0.15, -0.1) is 0 Å². The molecule has 2 unspecified atom stereocenters. The first-order valence-electron chi connectivity index (χ1n) is 10.7. The molecule has 4 heteroatoms. The van der Waals surface area contributed by atoms with Crippen molar-refractivity contribution >= 4 is 11.9 Å². The summed E-state index contributed by atoms with van der Waals surface area (Å²) >= 11 is 0. The normalized spacial score (nSPS) is 13.9. The van der Waals surface area contributed by atoms with Crippen molar-refractivity contribution in [3.05, 3.63) is 0 Å². The third-order valence-corrected chi connectivity index (χ3v) is 5.21. The lowest BCUT2D eigenvalue weighted by Crippen LogP contribution is -2.30. The SMILES string of the molecule is CC(C)CCCCCCC(C(=O)O)C(CCCCCCC(C)C)C(=O)O. The van der Waals surface area contributed by atoms with Gasteiger partial charge in [0, 0.05) is 0 Å². The summed E-state index contributed by atoms with van der Waals surface area (Å²) in [5.74, 6) is -1.96. The fraction of sp³-hybridized carbons (Fsp3) is 0.909. The highest BCUT2D eigenvalue weighted by atomic mass is 16.4. The number of hydrogen-bond acceptors (Lipinski definition) is 2. The van der Waals surface area contributed by atoms with Crippen molar-refractivity contribution in [1.29, 1.82) is 0 Å². The summed E-state index contributed by atoms with van der Waals surface area (Å²) in [6, 6.07) is 0. The van der Waals surface area contributed by atoms with E-state index < -0.39 is 23.8 Å². The maximum atomic E-state index is 11.6. The van der Waals surface area contributed by atoms with Crippen LogP contribution in [0.4, 0.5) is 0 Å². The van der Waals surface area contributed by atoms with Crippen LogP contribution >= 0.6 is 0 Å². The van der Waals surface area contributed by atoms with E-state index in [2.05, 4.69) is 27.7 Å². The number of rotatable bonds is 17. The summed E-state index contributed by atoms with van der Waals surface area (Å²) in [5.41, 5.74) is 0. The molecule has 0 aromatic carbocycles. The predicted molar refractivity (Wildman–Crippen MR) is 107 cm³/mol. The summed E-state index contributed by atoms with van der Waals surface area (Å²) in [7, 11) is 0. The van der Waals surface area contributed by atoms with Gasteiger partial charge in [-0.25, -0.2) is 0 Å². The van der Waals surface area contributed by atoms with E-state index in [1.807, 2.05) is 0 Å². The third kappa shape index (κ3) is 13.2. The molecule has 2 atom stereocenters. The van der Waals surface area contributed by atoms with Crippen LogP contribution in [-0.2, 0) is 9.59 Å². The van der Waals surface area contributed by atoms with E-state index in [1.54, 1.807) is 0 Å². The lowest BCUT2D eigenvalue weighted by molar-refractivity contribution is -0.154. The van der Waals surface area contributed by atoms with Crippen LogP contribution in [0.3, 0.4) is 0 Å². The fourth-order valence-corrected chi connectivity index (χ4v) is 3.53. The predicted octanol–water partition coefficient (Wildman–Crippen LogP) is 6.38. The number of unbranched alkanes of at least 4 members (excludes halogenated alkanes) is 6. The second-order valence-corrected chi connectivity index (χ2v) is 8.66. The van der Waals surface area contributed by atoms with Gasteiger partial charge >= 0.3 is 11.9 Å². The van der Waals surface area contributed by atoms with Crippen LogP contribution in [0.1, 0.15) is 105 Å². The lowest BCUT2D eigenvalue weighted by Gasteiger charge is -2.20. The summed E-state index contributed by atoms with van der Waals surface area (Å²) in [4.78, 5) is 23.2. The van der Waals surface area contributed by atoms with E-state index in [9.17, 15) is 19.8 Å². The van der Waals surface area contributed by atoms with Gasteiger partial charge in [0.25, 0.3) is 0 Å². The molecule has 0 heterocycles. The van der Waals surface area contributed by atoms with Gasteiger partial charge in [-0.3, -0.25) is 9.59 Å². The minimum atomic E-state index is -0.945. The number of carboxylic acids is 2. The Hall–Kier alpha value is -1.06. The zero-order valence-electron chi connectivity index (χ0n) is 17.5. The molecular formula is C22H42O4. The highest BCUT2D eigenvalue weighted by molar-refractivity contribution is 5.79. The molecule has 0 aliphatic rings. The maximum absolute atomic E-state index is 11.6. The molecule has 154 valence electrons. The Morgan fingerprint density at radius 1 is 0.538 bits per heavy atom. The van der Waals surface area contributed by atoms with Crippen molar-refractivity contribution < 1.29 is 19.8 Å². The van der Waals surface area contributed by atoms with E-state index >= 15 is 0 Å². The molecule has 0 saturated heterocycles. The number of carboxylic acid groups (broad SMARTS) is 2. The molecule has 0 spiro atoms. The van der Waals surface area contributed by atoms with E-state index in [0.717, 1.165) is 38.5 Å². The average Bonchev–Trinajstić information content (AvgIpc) is 2.53. The van der Waals surface area contributed by atoms with Gasteiger partial charge < -0.3 is 10.2 Å². The summed E-state index contributed by atoms with van der Waals surface area (Å²) in [6.45, 7) is 8.84. The van der Waals surface area contributed by atoms with Gasteiger partial charge in [0.05, 0.1) is 11.8 Å². The van der Waals surface area contributed by atoms with E-state index in [-0.39, 0.29) is 0 Å². The van der Waals surface area contributed by atoms with E-state index in [4.69, 9.17) is 0 Å². The maximum Gasteiger partial charge on any atom is 0.307 e. The lowest BCUT2D eigenvalue weighted by atomic mass is 9.84. The van der Waals surface area contributed by atoms with Gasteiger partial charge in [-0.2, -0.15) is 0 Å². The number of aliphatic carboxylic acids is 2. The minimum absolute atomic E-state index is 0.487. The van der Waals surface area contributed by atoms with Crippen molar-refractivity contribution in [2.75, 3.05) is 0 Å². The molecule has 0 aromatic heterocycles. The second kappa shape index (κ2) is 15.0. The Labute approximate surface area is 160 Å². The quantitative estimate of drug-likeness (QED) is 0.291. The topological polar surface area (TPSA) is 74.6 Å². The second-order valence-electron chi connectivity index (χ2n) is 8.66. The fourth-order valence-electron chi connectivity index (χ4n) is 3.53. The molecule has 0 aliphatic carbocycles. The van der Waals surface area contributed by atoms with Gasteiger partial charge in [0.2, 0.25) is 0 Å². The van der Waals surface area contributed by atoms with Crippen LogP contribution in [0, 0.1) is 23.7 Å². The van der Waals surface area contributed by atoms with E-state index in [0.29, 0.717) is 24.7 Å². The molecule has 0 saturated carbocycles. The summed E-state index contributed by atoms with van der Waals surface area (Å²) < 4.78 is 0. The summed E-state index contributed by atoms with van der Waals surface area (Å²) in [6.07, 6.45) is 11.6. The molecule has 4 nitrogen and oxygen atoms in total. The average molecular weight is 371 g/mol. The molecule has 0 rings (SSSR count). The monoisotopic (exact) mass is 370 g/mol. The first-order chi connectivity index (χ1) is 12.3. The zero-order valence-corrected chi connectivity index (χ0v) is 17.5. The molecule has 0 aliphatic heterocycles. The minimum Gasteiger partial charge on any atom is -0.481 e.